The van der Waals surface area contributed by atoms with E-state index < -0.39 is 6.03 Å². The van der Waals surface area contributed by atoms with Gasteiger partial charge in [0.25, 0.3) is 0 Å². The van der Waals surface area contributed by atoms with E-state index in [4.69, 9.17) is 4.74 Å². The molecule has 1 aromatic carbocycles. The standard InChI is InChI=1S/C15H17N3O4S/c1-9-12(8-13(19)22-3)23-15(16-9)18-14(20)17-10-5-4-6-11(7-10)21-2/h4-7H,8H2,1-3H3,(H2,16,17,18,20). The van der Waals surface area contributed by atoms with Gasteiger partial charge in [-0.2, -0.15) is 0 Å². The Bertz CT molecular complexity index is 714. The maximum atomic E-state index is 12.0. The van der Waals surface area contributed by atoms with Crippen LogP contribution in [0.1, 0.15) is 10.6 Å². The zero-order valence-electron chi connectivity index (χ0n) is 13.0. The third kappa shape index (κ3) is 4.68. The van der Waals surface area contributed by atoms with Crippen LogP contribution < -0.4 is 15.4 Å². The third-order valence-electron chi connectivity index (χ3n) is 2.97. The summed E-state index contributed by atoms with van der Waals surface area (Å²) in [5.74, 6) is 0.303. The van der Waals surface area contributed by atoms with E-state index in [1.807, 2.05) is 0 Å². The van der Waals surface area contributed by atoms with Crippen LogP contribution in [0.15, 0.2) is 24.3 Å². The van der Waals surface area contributed by atoms with Crippen LogP contribution in [0.4, 0.5) is 15.6 Å². The summed E-state index contributed by atoms with van der Waals surface area (Å²) in [6.45, 7) is 1.78. The molecule has 2 rings (SSSR count). The van der Waals surface area contributed by atoms with Crippen molar-refractivity contribution in [2.24, 2.45) is 0 Å². The molecule has 0 fully saturated rings. The molecule has 2 N–H and O–H groups in total. The molecule has 7 nitrogen and oxygen atoms in total. The Morgan fingerprint density at radius 2 is 2.04 bits per heavy atom. The maximum Gasteiger partial charge on any atom is 0.325 e. The molecule has 0 unspecified atom stereocenters. The van der Waals surface area contributed by atoms with Crippen molar-refractivity contribution in [2.45, 2.75) is 13.3 Å². The Kier molecular flexibility index (Phi) is 5.53. The fraction of sp³-hybridized carbons (Fsp3) is 0.267. The van der Waals surface area contributed by atoms with Crippen molar-refractivity contribution in [3.63, 3.8) is 0 Å². The molecule has 23 heavy (non-hydrogen) atoms. The summed E-state index contributed by atoms with van der Waals surface area (Å²) in [5, 5.41) is 5.75. The number of aryl methyl sites for hydroxylation is 1. The highest BCUT2D eigenvalue weighted by molar-refractivity contribution is 7.16. The zero-order chi connectivity index (χ0) is 16.8. The molecule has 0 saturated heterocycles. The minimum atomic E-state index is -0.420. The molecule has 1 aromatic heterocycles. The monoisotopic (exact) mass is 335 g/mol. The first-order valence-electron chi connectivity index (χ1n) is 6.77. The van der Waals surface area contributed by atoms with E-state index >= 15 is 0 Å². The number of anilines is 2. The Hall–Kier alpha value is -2.61. The first-order valence-corrected chi connectivity index (χ1v) is 7.58. The molecule has 2 aromatic rings. The van der Waals surface area contributed by atoms with Crippen LogP contribution in [0, 0.1) is 6.92 Å². The average molecular weight is 335 g/mol. The third-order valence-corrected chi connectivity index (χ3v) is 4.05. The SMILES string of the molecule is COC(=O)Cc1sc(NC(=O)Nc2cccc(OC)c2)nc1C. The number of nitrogens with zero attached hydrogens (tertiary/aromatic N) is 1. The van der Waals surface area contributed by atoms with Crippen molar-refractivity contribution in [1.29, 1.82) is 0 Å². The summed E-state index contributed by atoms with van der Waals surface area (Å²) >= 11 is 1.24. The van der Waals surface area contributed by atoms with Gasteiger partial charge in [-0.3, -0.25) is 10.1 Å². The quantitative estimate of drug-likeness (QED) is 0.820. The minimum absolute atomic E-state index is 0.138. The highest BCUT2D eigenvalue weighted by Crippen LogP contribution is 2.24. The van der Waals surface area contributed by atoms with E-state index in [9.17, 15) is 9.59 Å². The van der Waals surface area contributed by atoms with Crippen LogP contribution in [0.25, 0.3) is 0 Å². The van der Waals surface area contributed by atoms with Crippen LogP contribution in [-0.4, -0.2) is 31.2 Å². The summed E-state index contributed by atoms with van der Waals surface area (Å²) in [7, 11) is 2.89. The minimum Gasteiger partial charge on any atom is -0.497 e. The van der Waals surface area contributed by atoms with Crippen molar-refractivity contribution in [3.8, 4) is 5.75 Å². The Balaban J connectivity index is 2.00. The molecule has 122 valence electrons. The molecule has 0 aliphatic rings. The van der Waals surface area contributed by atoms with E-state index in [0.717, 1.165) is 4.88 Å². The first kappa shape index (κ1) is 16.8. The number of urea groups is 1. The number of amides is 2. The molecule has 0 saturated carbocycles. The van der Waals surface area contributed by atoms with Crippen molar-refractivity contribution in [2.75, 3.05) is 24.9 Å². The van der Waals surface area contributed by atoms with Gasteiger partial charge >= 0.3 is 12.0 Å². The molecule has 0 atom stereocenters. The molecule has 0 bridgehead atoms. The molecule has 0 radical (unpaired) electrons. The maximum absolute atomic E-state index is 12.0. The average Bonchev–Trinajstić information content (AvgIpc) is 2.86. The second-order valence-corrected chi connectivity index (χ2v) is 5.68. The van der Waals surface area contributed by atoms with Gasteiger partial charge in [0.15, 0.2) is 5.13 Å². The lowest BCUT2D eigenvalue weighted by Crippen LogP contribution is -2.19. The van der Waals surface area contributed by atoms with E-state index in [1.165, 1.54) is 18.4 Å². The van der Waals surface area contributed by atoms with Crippen LogP contribution >= 0.6 is 11.3 Å². The number of rotatable bonds is 5. The summed E-state index contributed by atoms with van der Waals surface area (Å²) in [6, 6.07) is 6.59. The highest BCUT2D eigenvalue weighted by Gasteiger charge is 2.13. The Morgan fingerprint density at radius 1 is 1.26 bits per heavy atom. The van der Waals surface area contributed by atoms with Crippen molar-refractivity contribution < 1.29 is 19.1 Å². The molecule has 8 heteroatoms. The normalized spacial score (nSPS) is 10.0. The largest absolute Gasteiger partial charge is 0.497 e. The lowest BCUT2D eigenvalue weighted by molar-refractivity contribution is -0.139. The summed E-state index contributed by atoms with van der Waals surface area (Å²) < 4.78 is 9.72. The van der Waals surface area contributed by atoms with E-state index in [1.54, 1.807) is 38.3 Å². The fourth-order valence-electron chi connectivity index (χ4n) is 1.81. The Labute approximate surface area is 137 Å². The van der Waals surface area contributed by atoms with Gasteiger partial charge in [-0.1, -0.05) is 6.07 Å². The molecular formula is C15H17N3O4S. The molecule has 1 heterocycles. The van der Waals surface area contributed by atoms with Gasteiger partial charge in [0, 0.05) is 16.6 Å². The first-order chi connectivity index (χ1) is 11.0. The van der Waals surface area contributed by atoms with Gasteiger partial charge in [-0.25, -0.2) is 9.78 Å². The zero-order valence-corrected chi connectivity index (χ0v) is 13.8. The van der Waals surface area contributed by atoms with Gasteiger partial charge in [-0.05, 0) is 19.1 Å². The number of hydrogen-bond acceptors (Lipinski definition) is 6. The Morgan fingerprint density at radius 3 is 2.74 bits per heavy atom. The van der Waals surface area contributed by atoms with Crippen LogP contribution in [0.3, 0.4) is 0 Å². The second kappa shape index (κ2) is 7.59. The molecule has 0 aliphatic heterocycles. The number of carbonyl (C=O) groups is 2. The number of carbonyl (C=O) groups excluding carboxylic acids is 2. The van der Waals surface area contributed by atoms with Gasteiger partial charge in [0.05, 0.1) is 26.3 Å². The van der Waals surface area contributed by atoms with Gasteiger partial charge < -0.3 is 14.8 Å². The number of thiazole rings is 1. The van der Waals surface area contributed by atoms with E-state index in [0.29, 0.717) is 22.3 Å². The molecule has 0 aliphatic carbocycles. The number of benzene rings is 1. The molecular weight excluding hydrogens is 318 g/mol. The number of nitrogens with one attached hydrogen (secondary N) is 2. The van der Waals surface area contributed by atoms with E-state index in [-0.39, 0.29) is 12.4 Å². The summed E-state index contributed by atoms with van der Waals surface area (Å²) in [5.41, 5.74) is 1.29. The highest BCUT2D eigenvalue weighted by atomic mass is 32.1. The smallest absolute Gasteiger partial charge is 0.325 e. The van der Waals surface area contributed by atoms with Gasteiger partial charge in [0.1, 0.15) is 5.75 Å². The number of esters is 1. The lowest BCUT2D eigenvalue weighted by atomic mass is 10.3. The topological polar surface area (TPSA) is 89.5 Å². The van der Waals surface area contributed by atoms with Crippen LogP contribution in [-0.2, 0) is 16.0 Å². The number of aromatic nitrogens is 1. The number of hydrogen-bond donors (Lipinski definition) is 2. The van der Waals surface area contributed by atoms with Crippen molar-refractivity contribution in [3.05, 3.63) is 34.8 Å². The molecule has 2 amide bonds. The predicted molar refractivity (Wildman–Crippen MR) is 88.2 cm³/mol. The van der Waals surface area contributed by atoms with Gasteiger partial charge in [-0.15, -0.1) is 11.3 Å². The van der Waals surface area contributed by atoms with E-state index in [2.05, 4.69) is 20.4 Å². The summed E-state index contributed by atoms with van der Waals surface area (Å²) in [4.78, 5) is 28.3. The fourth-order valence-corrected chi connectivity index (χ4v) is 2.75. The lowest BCUT2D eigenvalue weighted by Gasteiger charge is -2.06. The van der Waals surface area contributed by atoms with Crippen molar-refractivity contribution >= 4 is 34.2 Å². The second-order valence-electron chi connectivity index (χ2n) is 4.59. The van der Waals surface area contributed by atoms with Crippen LogP contribution in [0.5, 0.6) is 5.75 Å². The van der Waals surface area contributed by atoms with Gasteiger partial charge in [0.2, 0.25) is 0 Å². The molecule has 0 spiro atoms. The summed E-state index contributed by atoms with van der Waals surface area (Å²) in [6.07, 6.45) is 0.138. The number of ether oxygens (including phenoxy) is 2. The number of methoxy groups -OCH3 is 2. The van der Waals surface area contributed by atoms with Crippen molar-refractivity contribution in [1.82, 2.24) is 4.98 Å². The predicted octanol–water partition coefficient (Wildman–Crippen LogP) is 2.82. The van der Waals surface area contributed by atoms with Crippen LogP contribution in [0.2, 0.25) is 0 Å².